The number of carbonyl (C=O) groups excluding carboxylic acids is 1. The number of amides is 1. The molecule has 1 aliphatic rings. The molecule has 7 nitrogen and oxygen atoms in total. The van der Waals surface area contributed by atoms with Crippen LogP contribution in [0.5, 0.6) is 0 Å². The molecule has 1 aromatic heterocycles. The Balaban J connectivity index is 1.78. The van der Waals surface area contributed by atoms with Gasteiger partial charge in [0.25, 0.3) is 0 Å². The third-order valence-electron chi connectivity index (χ3n) is 4.27. The van der Waals surface area contributed by atoms with Crippen LogP contribution in [0.2, 0.25) is 0 Å². The number of carbonyl (C=O) groups is 1. The zero-order valence-corrected chi connectivity index (χ0v) is 14.5. The highest BCUT2D eigenvalue weighted by atomic mass is 16.3. The Morgan fingerprint density at radius 1 is 1.32 bits per heavy atom. The molecular weight excluding hydrogens is 318 g/mol. The molecule has 1 aliphatic heterocycles. The molecule has 1 fully saturated rings. The second kappa shape index (κ2) is 7.48. The molecule has 2 aromatic rings. The molecule has 0 aliphatic carbocycles. The smallest absolute Gasteiger partial charge is 0.227 e. The van der Waals surface area contributed by atoms with Gasteiger partial charge in [-0.25, -0.2) is 4.98 Å². The molecule has 3 rings (SSSR count). The zero-order valence-electron chi connectivity index (χ0n) is 14.5. The molecule has 1 saturated heterocycles. The van der Waals surface area contributed by atoms with Gasteiger partial charge in [0.1, 0.15) is 5.82 Å². The average molecular weight is 341 g/mol. The number of hydrogen-bond acceptors (Lipinski definition) is 6. The lowest BCUT2D eigenvalue weighted by atomic mass is 10.2. The van der Waals surface area contributed by atoms with Crippen molar-refractivity contribution in [3.05, 3.63) is 36.0 Å². The van der Waals surface area contributed by atoms with E-state index in [1.165, 1.54) is 6.92 Å². The largest absolute Gasteiger partial charge is 0.394 e. The highest BCUT2D eigenvalue weighted by Gasteiger charge is 2.26. The summed E-state index contributed by atoms with van der Waals surface area (Å²) in [7, 11) is 0. The van der Waals surface area contributed by atoms with E-state index in [9.17, 15) is 9.90 Å². The van der Waals surface area contributed by atoms with Crippen LogP contribution in [-0.2, 0) is 4.79 Å². The predicted octanol–water partition coefficient (Wildman–Crippen LogP) is 2.45. The maximum Gasteiger partial charge on any atom is 0.227 e. The molecule has 7 heteroatoms. The van der Waals surface area contributed by atoms with Crippen LogP contribution in [-0.4, -0.2) is 40.2 Å². The molecule has 132 valence electrons. The SMILES string of the molecule is CC(=O)Nc1ccc(Nc2nc(N3CCCC3CO)ncc2C)cc1. The number of aryl methyl sites for hydroxylation is 1. The summed E-state index contributed by atoms with van der Waals surface area (Å²) in [6.45, 7) is 4.41. The molecular formula is C18H23N5O2. The van der Waals surface area contributed by atoms with E-state index in [0.29, 0.717) is 5.95 Å². The summed E-state index contributed by atoms with van der Waals surface area (Å²) in [5.74, 6) is 1.28. The Hall–Kier alpha value is -2.67. The monoisotopic (exact) mass is 341 g/mol. The van der Waals surface area contributed by atoms with Crippen molar-refractivity contribution in [3.8, 4) is 0 Å². The number of aliphatic hydroxyl groups excluding tert-OH is 1. The molecule has 0 saturated carbocycles. The number of aromatic nitrogens is 2. The number of aliphatic hydroxyl groups is 1. The van der Waals surface area contributed by atoms with Gasteiger partial charge in [0, 0.05) is 36.6 Å². The van der Waals surface area contributed by atoms with Crippen molar-refractivity contribution < 1.29 is 9.90 Å². The van der Waals surface area contributed by atoms with Crippen LogP contribution < -0.4 is 15.5 Å². The van der Waals surface area contributed by atoms with E-state index in [4.69, 9.17) is 0 Å². The van der Waals surface area contributed by atoms with Crippen LogP contribution >= 0.6 is 0 Å². The maximum atomic E-state index is 11.1. The molecule has 1 atom stereocenters. The number of hydrogen-bond donors (Lipinski definition) is 3. The lowest BCUT2D eigenvalue weighted by Gasteiger charge is -2.23. The molecule has 25 heavy (non-hydrogen) atoms. The van der Waals surface area contributed by atoms with E-state index in [1.54, 1.807) is 6.20 Å². The van der Waals surface area contributed by atoms with Crippen LogP contribution in [0.4, 0.5) is 23.1 Å². The molecule has 0 radical (unpaired) electrons. The van der Waals surface area contributed by atoms with Gasteiger partial charge in [0.05, 0.1) is 12.6 Å². The van der Waals surface area contributed by atoms with Gasteiger partial charge in [-0.2, -0.15) is 4.98 Å². The average Bonchev–Trinajstić information content (AvgIpc) is 3.07. The Labute approximate surface area is 147 Å². The van der Waals surface area contributed by atoms with Gasteiger partial charge in [-0.15, -0.1) is 0 Å². The normalized spacial score (nSPS) is 16.8. The highest BCUT2D eigenvalue weighted by Crippen LogP contribution is 2.26. The van der Waals surface area contributed by atoms with E-state index >= 15 is 0 Å². The van der Waals surface area contributed by atoms with Crippen molar-refractivity contribution in [1.29, 1.82) is 0 Å². The summed E-state index contributed by atoms with van der Waals surface area (Å²) in [6, 6.07) is 7.54. The standard InChI is InChI=1S/C18H23N5O2/c1-12-10-19-18(23-9-3-4-16(23)11-24)22-17(12)21-15-7-5-14(6-8-15)20-13(2)25/h5-8,10,16,24H,3-4,9,11H2,1-2H3,(H,20,25)(H,19,21,22). The zero-order chi connectivity index (χ0) is 17.8. The molecule has 1 unspecified atom stereocenters. The van der Waals surface area contributed by atoms with Crippen LogP contribution in [0.25, 0.3) is 0 Å². The van der Waals surface area contributed by atoms with Gasteiger partial charge in [0.2, 0.25) is 11.9 Å². The number of nitrogens with zero attached hydrogens (tertiary/aromatic N) is 3. The van der Waals surface area contributed by atoms with Crippen molar-refractivity contribution in [2.45, 2.75) is 32.7 Å². The van der Waals surface area contributed by atoms with E-state index in [0.717, 1.165) is 42.1 Å². The topological polar surface area (TPSA) is 90.4 Å². The molecule has 0 spiro atoms. The number of nitrogens with one attached hydrogen (secondary N) is 2. The Bertz CT molecular complexity index is 748. The van der Waals surface area contributed by atoms with Crippen molar-refractivity contribution in [2.75, 3.05) is 28.7 Å². The lowest BCUT2D eigenvalue weighted by Crippen LogP contribution is -2.33. The quantitative estimate of drug-likeness (QED) is 0.774. The van der Waals surface area contributed by atoms with Crippen LogP contribution in [0.15, 0.2) is 30.5 Å². The maximum absolute atomic E-state index is 11.1. The summed E-state index contributed by atoms with van der Waals surface area (Å²) >= 11 is 0. The fraction of sp³-hybridized carbons (Fsp3) is 0.389. The number of rotatable bonds is 5. The second-order valence-electron chi connectivity index (χ2n) is 6.26. The van der Waals surface area contributed by atoms with E-state index in [1.807, 2.05) is 31.2 Å². The summed E-state index contributed by atoms with van der Waals surface area (Å²) in [4.78, 5) is 22.2. The second-order valence-corrected chi connectivity index (χ2v) is 6.26. The summed E-state index contributed by atoms with van der Waals surface area (Å²) < 4.78 is 0. The van der Waals surface area contributed by atoms with E-state index in [2.05, 4.69) is 25.5 Å². The summed E-state index contributed by atoms with van der Waals surface area (Å²) in [6.07, 6.45) is 3.79. The van der Waals surface area contributed by atoms with Crippen molar-refractivity contribution >= 4 is 29.0 Å². The Morgan fingerprint density at radius 2 is 2.04 bits per heavy atom. The van der Waals surface area contributed by atoms with E-state index in [-0.39, 0.29) is 18.6 Å². The minimum atomic E-state index is -0.0963. The van der Waals surface area contributed by atoms with Gasteiger partial charge in [-0.3, -0.25) is 4.79 Å². The minimum absolute atomic E-state index is 0.0903. The van der Waals surface area contributed by atoms with Crippen molar-refractivity contribution in [3.63, 3.8) is 0 Å². The third-order valence-corrected chi connectivity index (χ3v) is 4.27. The molecule has 2 heterocycles. The van der Waals surface area contributed by atoms with Crippen LogP contribution in [0, 0.1) is 6.92 Å². The first kappa shape index (κ1) is 17.2. The van der Waals surface area contributed by atoms with Gasteiger partial charge in [-0.05, 0) is 44.0 Å². The fourth-order valence-electron chi connectivity index (χ4n) is 2.96. The first-order chi connectivity index (χ1) is 12.1. The van der Waals surface area contributed by atoms with Gasteiger partial charge >= 0.3 is 0 Å². The first-order valence-corrected chi connectivity index (χ1v) is 8.42. The molecule has 1 amide bonds. The Kier molecular flexibility index (Phi) is 5.14. The lowest BCUT2D eigenvalue weighted by molar-refractivity contribution is -0.114. The third kappa shape index (κ3) is 4.06. The summed E-state index contributed by atoms with van der Waals surface area (Å²) in [5.41, 5.74) is 2.57. The number of benzene rings is 1. The van der Waals surface area contributed by atoms with Crippen molar-refractivity contribution in [1.82, 2.24) is 9.97 Å². The minimum Gasteiger partial charge on any atom is -0.394 e. The van der Waals surface area contributed by atoms with E-state index < -0.39 is 0 Å². The van der Waals surface area contributed by atoms with Gasteiger partial charge < -0.3 is 20.6 Å². The Morgan fingerprint density at radius 3 is 2.72 bits per heavy atom. The molecule has 0 bridgehead atoms. The van der Waals surface area contributed by atoms with Gasteiger partial charge in [-0.1, -0.05) is 0 Å². The van der Waals surface area contributed by atoms with Crippen molar-refractivity contribution in [2.24, 2.45) is 0 Å². The first-order valence-electron chi connectivity index (χ1n) is 8.42. The fourth-order valence-corrected chi connectivity index (χ4v) is 2.96. The van der Waals surface area contributed by atoms with Crippen LogP contribution in [0.3, 0.4) is 0 Å². The van der Waals surface area contributed by atoms with Gasteiger partial charge in [0.15, 0.2) is 0 Å². The number of anilines is 4. The predicted molar refractivity (Wildman–Crippen MR) is 98.3 cm³/mol. The molecule has 1 aromatic carbocycles. The molecule has 3 N–H and O–H groups in total. The summed E-state index contributed by atoms with van der Waals surface area (Å²) in [5, 5.41) is 15.5. The van der Waals surface area contributed by atoms with Crippen LogP contribution in [0.1, 0.15) is 25.3 Å². The highest BCUT2D eigenvalue weighted by molar-refractivity contribution is 5.88.